The molecule has 0 aromatic heterocycles. The predicted molar refractivity (Wildman–Crippen MR) is 65.7 cm³/mol. The fourth-order valence-corrected chi connectivity index (χ4v) is 1.57. The van der Waals surface area contributed by atoms with Gasteiger partial charge in [0.2, 0.25) is 0 Å². The minimum Gasteiger partial charge on any atom is -0.466 e. The monoisotopic (exact) mass is 273 g/mol. The number of rotatable bonds is 3. The fraction of sp³-hybridized carbons (Fsp3) is 0.308. The molecule has 0 aliphatic heterocycles. The third-order valence-electron chi connectivity index (χ3n) is 2.27. The van der Waals surface area contributed by atoms with Gasteiger partial charge in [-0.05, 0) is 37.1 Å². The number of esters is 1. The van der Waals surface area contributed by atoms with Crippen molar-refractivity contribution in [2.75, 3.05) is 12.4 Å². The molecule has 0 heterocycles. The highest BCUT2D eigenvalue weighted by atomic mass is 19.4. The second-order valence-corrected chi connectivity index (χ2v) is 4.08. The van der Waals surface area contributed by atoms with E-state index in [1.807, 2.05) is 6.07 Å². The molecule has 1 rings (SSSR count). The van der Waals surface area contributed by atoms with Gasteiger partial charge in [0, 0.05) is 5.69 Å². The number of anilines is 1. The van der Waals surface area contributed by atoms with E-state index in [2.05, 4.69) is 10.1 Å². The quantitative estimate of drug-likeness (QED) is 0.678. The molecular weight excluding hydrogens is 259 g/mol. The highest BCUT2D eigenvalue weighted by molar-refractivity contribution is 5.83. The SMILES string of the molecule is COC(=O)/C=C(/Nc1cc(C)cc(C)c1)C(F)(F)F. The topological polar surface area (TPSA) is 38.3 Å². The summed E-state index contributed by atoms with van der Waals surface area (Å²) in [6.07, 6.45) is -4.27. The van der Waals surface area contributed by atoms with Crippen LogP contribution >= 0.6 is 0 Å². The summed E-state index contributed by atoms with van der Waals surface area (Å²) >= 11 is 0. The lowest BCUT2D eigenvalue weighted by atomic mass is 10.1. The van der Waals surface area contributed by atoms with Crippen LogP contribution in [0.15, 0.2) is 30.0 Å². The lowest BCUT2D eigenvalue weighted by Crippen LogP contribution is -2.21. The highest BCUT2D eigenvalue weighted by Gasteiger charge is 2.35. The molecule has 0 saturated heterocycles. The number of nitrogens with one attached hydrogen (secondary N) is 1. The number of aryl methyl sites for hydroxylation is 2. The van der Waals surface area contributed by atoms with E-state index in [-0.39, 0.29) is 5.69 Å². The summed E-state index contributed by atoms with van der Waals surface area (Å²) in [4.78, 5) is 11.0. The molecule has 0 spiro atoms. The van der Waals surface area contributed by atoms with Gasteiger partial charge < -0.3 is 10.1 Å². The minimum absolute atomic E-state index is 0.268. The molecule has 6 heteroatoms. The van der Waals surface area contributed by atoms with E-state index in [1.54, 1.807) is 26.0 Å². The first kappa shape index (κ1) is 15.1. The standard InChI is InChI=1S/C13H14F3NO2/c1-8-4-9(2)6-10(5-8)17-11(13(14,15)16)7-12(18)19-3/h4-7,17H,1-3H3/b11-7+. The van der Waals surface area contributed by atoms with Crippen LogP contribution in [0.1, 0.15) is 11.1 Å². The van der Waals surface area contributed by atoms with Gasteiger partial charge in [-0.1, -0.05) is 6.07 Å². The van der Waals surface area contributed by atoms with Crippen LogP contribution < -0.4 is 5.32 Å². The van der Waals surface area contributed by atoms with Crippen LogP contribution in [0.4, 0.5) is 18.9 Å². The zero-order chi connectivity index (χ0) is 14.6. The summed E-state index contributed by atoms with van der Waals surface area (Å²) in [5, 5.41) is 2.20. The molecule has 1 aromatic carbocycles. The number of methoxy groups -OCH3 is 1. The maximum Gasteiger partial charge on any atom is 0.431 e. The van der Waals surface area contributed by atoms with E-state index in [0.29, 0.717) is 6.08 Å². The van der Waals surface area contributed by atoms with Gasteiger partial charge in [-0.15, -0.1) is 0 Å². The first-order valence-electron chi connectivity index (χ1n) is 5.44. The molecular formula is C13H14F3NO2. The molecule has 104 valence electrons. The second-order valence-electron chi connectivity index (χ2n) is 4.08. The summed E-state index contributed by atoms with van der Waals surface area (Å²) in [5.74, 6) is -1.07. The zero-order valence-electron chi connectivity index (χ0n) is 10.8. The Kier molecular flexibility index (Phi) is 4.58. The number of halogens is 3. The Labute approximate surface area is 109 Å². The summed E-state index contributed by atoms with van der Waals surface area (Å²) in [6, 6.07) is 4.95. The smallest absolute Gasteiger partial charge is 0.431 e. The van der Waals surface area contributed by atoms with Crippen LogP contribution in [0, 0.1) is 13.8 Å². The summed E-state index contributed by atoms with van der Waals surface area (Å²) in [7, 11) is 1.02. The first-order chi connectivity index (χ1) is 8.72. The molecule has 0 aliphatic carbocycles. The molecule has 0 amide bonds. The molecule has 0 fully saturated rings. The average molecular weight is 273 g/mol. The van der Waals surface area contributed by atoms with E-state index in [9.17, 15) is 18.0 Å². The van der Waals surface area contributed by atoms with Crippen LogP contribution in [-0.4, -0.2) is 19.3 Å². The van der Waals surface area contributed by atoms with Crippen molar-refractivity contribution in [3.05, 3.63) is 41.1 Å². The van der Waals surface area contributed by atoms with E-state index in [0.717, 1.165) is 18.2 Å². The van der Waals surface area contributed by atoms with Gasteiger partial charge >= 0.3 is 12.1 Å². The second kappa shape index (κ2) is 5.77. The van der Waals surface area contributed by atoms with E-state index >= 15 is 0 Å². The lowest BCUT2D eigenvalue weighted by Gasteiger charge is -2.15. The molecule has 0 saturated carbocycles. The highest BCUT2D eigenvalue weighted by Crippen LogP contribution is 2.27. The Bertz CT molecular complexity index is 487. The zero-order valence-corrected chi connectivity index (χ0v) is 10.8. The van der Waals surface area contributed by atoms with Crippen LogP contribution in [0.3, 0.4) is 0 Å². The maximum atomic E-state index is 12.8. The molecule has 0 unspecified atom stereocenters. The summed E-state index contributed by atoms with van der Waals surface area (Å²) in [5.41, 5.74) is 0.749. The van der Waals surface area contributed by atoms with E-state index in [1.165, 1.54) is 0 Å². The summed E-state index contributed by atoms with van der Waals surface area (Å²) in [6.45, 7) is 3.55. The van der Waals surface area contributed by atoms with Gasteiger partial charge in [0.15, 0.2) is 0 Å². The largest absolute Gasteiger partial charge is 0.466 e. The molecule has 0 atom stereocenters. The van der Waals surface area contributed by atoms with E-state index < -0.39 is 17.8 Å². The first-order valence-corrected chi connectivity index (χ1v) is 5.44. The van der Waals surface area contributed by atoms with Crippen molar-refractivity contribution in [2.45, 2.75) is 20.0 Å². The Morgan fingerprint density at radius 3 is 2.16 bits per heavy atom. The van der Waals surface area contributed by atoms with Gasteiger partial charge in [0.05, 0.1) is 13.2 Å². The number of ether oxygens (including phenoxy) is 1. The van der Waals surface area contributed by atoms with Gasteiger partial charge in [0.25, 0.3) is 0 Å². The van der Waals surface area contributed by atoms with Crippen LogP contribution in [-0.2, 0) is 9.53 Å². The van der Waals surface area contributed by atoms with E-state index in [4.69, 9.17) is 0 Å². The number of hydrogen-bond donors (Lipinski definition) is 1. The maximum absolute atomic E-state index is 12.8. The van der Waals surface area contributed by atoms with Crippen molar-refractivity contribution in [1.82, 2.24) is 0 Å². The molecule has 19 heavy (non-hydrogen) atoms. The van der Waals surface area contributed by atoms with Crippen LogP contribution in [0.5, 0.6) is 0 Å². The minimum atomic E-state index is -4.66. The number of hydrogen-bond acceptors (Lipinski definition) is 3. The average Bonchev–Trinajstić information content (AvgIpc) is 2.25. The number of carbonyl (C=O) groups is 1. The summed E-state index contributed by atoms with van der Waals surface area (Å²) < 4.78 is 42.5. The van der Waals surface area contributed by atoms with Crippen LogP contribution in [0.25, 0.3) is 0 Å². The number of benzene rings is 1. The van der Waals surface area contributed by atoms with Crippen molar-refractivity contribution in [2.24, 2.45) is 0 Å². The normalized spacial score (nSPS) is 12.2. The van der Waals surface area contributed by atoms with Crippen molar-refractivity contribution < 1.29 is 22.7 Å². The molecule has 3 nitrogen and oxygen atoms in total. The van der Waals surface area contributed by atoms with Crippen molar-refractivity contribution in [3.8, 4) is 0 Å². The Balaban J connectivity index is 3.08. The molecule has 0 radical (unpaired) electrons. The van der Waals surface area contributed by atoms with Crippen molar-refractivity contribution in [1.29, 1.82) is 0 Å². The fourth-order valence-electron chi connectivity index (χ4n) is 1.57. The van der Waals surface area contributed by atoms with Gasteiger partial charge in [-0.2, -0.15) is 13.2 Å². The van der Waals surface area contributed by atoms with Crippen molar-refractivity contribution in [3.63, 3.8) is 0 Å². The molecule has 0 bridgehead atoms. The third-order valence-corrected chi connectivity index (χ3v) is 2.27. The van der Waals surface area contributed by atoms with Gasteiger partial charge in [0.1, 0.15) is 5.70 Å². The Morgan fingerprint density at radius 1 is 1.21 bits per heavy atom. The van der Waals surface area contributed by atoms with Gasteiger partial charge in [-0.25, -0.2) is 4.79 Å². The van der Waals surface area contributed by atoms with Crippen molar-refractivity contribution >= 4 is 11.7 Å². The number of alkyl halides is 3. The predicted octanol–water partition coefficient (Wildman–Crippen LogP) is 3.33. The molecule has 1 N–H and O–H groups in total. The van der Waals surface area contributed by atoms with Crippen LogP contribution in [0.2, 0.25) is 0 Å². The molecule has 1 aromatic rings. The molecule has 0 aliphatic rings. The van der Waals surface area contributed by atoms with Gasteiger partial charge in [-0.3, -0.25) is 0 Å². The Hall–Kier alpha value is -1.98. The number of carbonyl (C=O) groups excluding carboxylic acids is 1. The lowest BCUT2D eigenvalue weighted by molar-refractivity contribution is -0.135. The number of allylic oxidation sites excluding steroid dienone is 1. The third kappa shape index (κ3) is 4.65. The Morgan fingerprint density at radius 2 is 1.74 bits per heavy atom.